The van der Waals surface area contributed by atoms with Crippen LogP contribution in [0.3, 0.4) is 0 Å². The zero-order chi connectivity index (χ0) is 13.1. The van der Waals surface area contributed by atoms with Gasteiger partial charge in [0.1, 0.15) is 0 Å². The number of rotatable bonds is 4. The van der Waals surface area contributed by atoms with Crippen LogP contribution in [0.4, 0.5) is 0 Å². The monoisotopic (exact) mass is 256 g/mol. The van der Waals surface area contributed by atoms with Crippen LogP contribution in [0.25, 0.3) is 0 Å². The Morgan fingerprint density at radius 2 is 2.11 bits per heavy atom. The van der Waals surface area contributed by atoms with Gasteiger partial charge in [-0.1, -0.05) is 30.3 Å². The van der Waals surface area contributed by atoms with Crippen molar-refractivity contribution in [2.75, 3.05) is 19.6 Å². The summed E-state index contributed by atoms with van der Waals surface area (Å²) < 4.78 is 5.19. The molecule has 0 saturated carbocycles. The van der Waals surface area contributed by atoms with Crippen LogP contribution in [0.1, 0.15) is 29.5 Å². The first kappa shape index (κ1) is 12.5. The zero-order valence-electron chi connectivity index (χ0n) is 11.0. The van der Waals surface area contributed by atoms with Crippen molar-refractivity contribution in [1.29, 1.82) is 0 Å². The van der Waals surface area contributed by atoms with Crippen LogP contribution in [0.2, 0.25) is 0 Å². The van der Waals surface area contributed by atoms with Gasteiger partial charge < -0.3 is 10.2 Å². The van der Waals surface area contributed by atoms with Crippen molar-refractivity contribution in [3.8, 4) is 0 Å². The summed E-state index contributed by atoms with van der Waals surface area (Å²) in [7, 11) is 0. The molecule has 0 amide bonds. The van der Waals surface area contributed by atoms with Crippen LogP contribution in [-0.2, 0) is 0 Å². The van der Waals surface area contributed by atoms with Gasteiger partial charge in [0.2, 0.25) is 0 Å². The lowest BCUT2D eigenvalue weighted by molar-refractivity contribution is 0.247. The SMILES string of the molecule is NCC(c1ccoc1)N1CCC(c2ccccc2)C1. The van der Waals surface area contributed by atoms with Crippen molar-refractivity contribution < 1.29 is 4.42 Å². The van der Waals surface area contributed by atoms with Crippen LogP contribution < -0.4 is 5.73 Å². The van der Waals surface area contributed by atoms with E-state index in [1.165, 1.54) is 17.5 Å². The third-order valence-corrected chi connectivity index (χ3v) is 4.08. The second-order valence-electron chi connectivity index (χ2n) is 5.20. The van der Waals surface area contributed by atoms with Gasteiger partial charge in [-0.05, 0) is 30.5 Å². The van der Waals surface area contributed by atoms with Gasteiger partial charge in [-0.15, -0.1) is 0 Å². The van der Waals surface area contributed by atoms with Crippen LogP contribution in [0.5, 0.6) is 0 Å². The Hall–Kier alpha value is -1.58. The Labute approximate surface area is 114 Å². The Balaban J connectivity index is 1.71. The average Bonchev–Trinajstić information content (AvgIpc) is 3.12. The second kappa shape index (κ2) is 5.59. The smallest absolute Gasteiger partial charge is 0.0950 e. The first-order valence-electron chi connectivity index (χ1n) is 6.89. The third kappa shape index (κ3) is 2.57. The number of furan rings is 1. The normalized spacial score (nSPS) is 21.6. The predicted molar refractivity (Wildman–Crippen MR) is 75.9 cm³/mol. The molecule has 1 aliphatic rings. The molecule has 0 radical (unpaired) electrons. The molecular formula is C16H20N2O. The second-order valence-corrected chi connectivity index (χ2v) is 5.20. The van der Waals surface area contributed by atoms with Crippen molar-refractivity contribution in [3.63, 3.8) is 0 Å². The molecule has 1 saturated heterocycles. The summed E-state index contributed by atoms with van der Waals surface area (Å²) in [6.45, 7) is 2.82. The molecule has 3 nitrogen and oxygen atoms in total. The standard InChI is InChI=1S/C16H20N2O/c17-10-16(15-7-9-19-12-15)18-8-6-14(11-18)13-4-2-1-3-5-13/h1-5,7,9,12,14,16H,6,8,10-11,17H2. The first-order valence-corrected chi connectivity index (χ1v) is 6.89. The van der Waals surface area contributed by atoms with E-state index in [0.29, 0.717) is 12.5 Å². The van der Waals surface area contributed by atoms with E-state index in [4.69, 9.17) is 10.2 Å². The van der Waals surface area contributed by atoms with Gasteiger partial charge in [0, 0.05) is 18.7 Å². The Kier molecular flexibility index (Phi) is 3.67. The average molecular weight is 256 g/mol. The van der Waals surface area contributed by atoms with E-state index >= 15 is 0 Å². The van der Waals surface area contributed by atoms with Crippen molar-refractivity contribution in [1.82, 2.24) is 4.90 Å². The van der Waals surface area contributed by atoms with Crippen molar-refractivity contribution in [2.45, 2.75) is 18.4 Å². The Morgan fingerprint density at radius 1 is 1.26 bits per heavy atom. The van der Waals surface area contributed by atoms with Gasteiger partial charge in [-0.3, -0.25) is 4.90 Å². The summed E-state index contributed by atoms with van der Waals surface area (Å²) in [4.78, 5) is 2.47. The van der Waals surface area contributed by atoms with E-state index in [0.717, 1.165) is 13.1 Å². The van der Waals surface area contributed by atoms with E-state index in [2.05, 4.69) is 35.2 Å². The fourth-order valence-corrected chi connectivity index (χ4v) is 3.03. The third-order valence-electron chi connectivity index (χ3n) is 4.08. The van der Waals surface area contributed by atoms with Gasteiger partial charge >= 0.3 is 0 Å². The zero-order valence-corrected chi connectivity index (χ0v) is 11.0. The number of nitrogens with two attached hydrogens (primary N) is 1. The van der Waals surface area contributed by atoms with Gasteiger partial charge in [-0.2, -0.15) is 0 Å². The number of hydrogen-bond donors (Lipinski definition) is 1. The molecular weight excluding hydrogens is 236 g/mol. The Bertz CT molecular complexity index is 495. The maximum atomic E-state index is 5.94. The minimum Gasteiger partial charge on any atom is -0.472 e. The van der Waals surface area contributed by atoms with E-state index < -0.39 is 0 Å². The molecule has 1 aliphatic heterocycles. The molecule has 1 aromatic carbocycles. The highest BCUT2D eigenvalue weighted by atomic mass is 16.3. The summed E-state index contributed by atoms with van der Waals surface area (Å²) in [5, 5.41) is 0. The lowest BCUT2D eigenvalue weighted by Gasteiger charge is -2.25. The van der Waals surface area contributed by atoms with Gasteiger partial charge in [-0.25, -0.2) is 0 Å². The fraction of sp³-hybridized carbons (Fsp3) is 0.375. The highest BCUT2D eigenvalue weighted by Crippen LogP contribution is 2.32. The van der Waals surface area contributed by atoms with Gasteiger partial charge in [0.05, 0.1) is 18.6 Å². The van der Waals surface area contributed by atoms with Gasteiger partial charge in [0.15, 0.2) is 0 Å². The van der Waals surface area contributed by atoms with E-state index in [1.54, 1.807) is 6.26 Å². The summed E-state index contributed by atoms with van der Waals surface area (Å²) in [6, 6.07) is 13.1. The summed E-state index contributed by atoms with van der Waals surface area (Å²) in [5.74, 6) is 0.627. The highest BCUT2D eigenvalue weighted by molar-refractivity contribution is 5.22. The minimum atomic E-state index is 0.285. The summed E-state index contributed by atoms with van der Waals surface area (Å²) in [5.41, 5.74) is 8.57. The van der Waals surface area contributed by atoms with Crippen molar-refractivity contribution in [3.05, 3.63) is 60.1 Å². The molecule has 100 valence electrons. The first-order chi connectivity index (χ1) is 9.38. The van der Waals surface area contributed by atoms with Crippen molar-refractivity contribution in [2.24, 2.45) is 5.73 Å². The predicted octanol–water partition coefficient (Wildman–Crippen LogP) is 2.77. The number of nitrogens with zero attached hydrogens (tertiary/aromatic N) is 1. The van der Waals surface area contributed by atoms with E-state index in [9.17, 15) is 0 Å². The number of benzene rings is 1. The lowest BCUT2D eigenvalue weighted by atomic mass is 9.99. The molecule has 2 unspecified atom stereocenters. The molecule has 2 atom stereocenters. The highest BCUT2D eigenvalue weighted by Gasteiger charge is 2.29. The fourth-order valence-electron chi connectivity index (χ4n) is 3.03. The van der Waals surface area contributed by atoms with E-state index in [-0.39, 0.29) is 6.04 Å². The summed E-state index contributed by atoms with van der Waals surface area (Å²) in [6.07, 6.45) is 4.74. The largest absolute Gasteiger partial charge is 0.472 e. The Morgan fingerprint density at radius 3 is 2.79 bits per heavy atom. The quantitative estimate of drug-likeness (QED) is 0.914. The molecule has 2 aromatic rings. The van der Waals surface area contributed by atoms with Crippen LogP contribution in [0, 0.1) is 0 Å². The molecule has 2 N–H and O–H groups in total. The van der Waals surface area contributed by atoms with E-state index in [1.807, 2.05) is 12.3 Å². The molecule has 2 heterocycles. The van der Waals surface area contributed by atoms with Crippen molar-refractivity contribution >= 4 is 0 Å². The number of hydrogen-bond acceptors (Lipinski definition) is 3. The maximum Gasteiger partial charge on any atom is 0.0950 e. The maximum absolute atomic E-state index is 5.94. The van der Waals surface area contributed by atoms with Crippen LogP contribution in [0.15, 0.2) is 53.3 Å². The topological polar surface area (TPSA) is 42.4 Å². The molecule has 0 aliphatic carbocycles. The van der Waals surface area contributed by atoms with Crippen LogP contribution >= 0.6 is 0 Å². The molecule has 3 heteroatoms. The molecule has 1 fully saturated rings. The van der Waals surface area contributed by atoms with Gasteiger partial charge in [0.25, 0.3) is 0 Å². The molecule has 0 bridgehead atoms. The number of likely N-dealkylation sites (tertiary alicyclic amines) is 1. The summed E-state index contributed by atoms with van der Waals surface area (Å²) >= 11 is 0. The van der Waals surface area contributed by atoms with Crippen LogP contribution in [-0.4, -0.2) is 24.5 Å². The molecule has 19 heavy (non-hydrogen) atoms. The molecule has 1 aromatic heterocycles. The minimum absolute atomic E-state index is 0.285. The molecule has 0 spiro atoms. The lowest BCUT2D eigenvalue weighted by Crippen LogP contribution is -2.31. The molecule has 3 rings (SSSR count).